The van der Waals surface area contributed by atoms with Gasteiger partial charge in [-0.05, 0) is 56.6 Å². The molecule has 0 saturated carbocycles. The Bertz CT molecular complexity index is 1680. The molecule has 0 aliphatic rings. The number of benzene rings is 3. The molecule has 0 atom stereocenters. The smallest absolute Gasteiger partial charge is 0.292 e. The molecule has 4 aromatic rings. The SMILES string of the molecule is CN(C)CCN(c1ccc(N=C(c2ccc(N)c([N+](=O)[O-])c2)c2c(O)[nH]c3cc(Cl)ccc23)cc1)S(C)(=O)=O. The van der Waals surface area contributed by atoms with Gasteiger partial charge in [-0.1, -0.05) is 23.7 Å². The number of sulfonamides is 1. The molecule has 0 spiro atoms. The number of nitrogens with zero attached hydrogens (tertiary/aromatic N) is 4. The number of nitro groups is 1. The highest BCUT2D eigenvalue weighted by Gasteiger charge is 2.22. The van der Waals surface area contributed by atoms with Gasteiger partial charge in [-0.25, -0.2) is 13.4 Å². The van der Waals surface area contributed by atoms with Gasteiger partial charge >= 0.3 is 0 Å². The number of anilines is 2. The minimum absolute atomic E-state index is 0.0130. The second kappa shape index (κ2) is 10.9. The second-order valence-corrected chi connectivity index (χ2v) is 11.5. The number of aromatic hydroxyl groups is 1. The fraction of sp³-hybridized carbons (Fsp3) is 0.192. The van der Waals surface area contributed by atoms with E-state index in [0.29, 0.717) is 45.0 Å². The van der Waals surface area contributed by atoms with E-state index in [2.05, 4.69) is 4.98 Å². The van der Waals surface area contributed by atoms with Crippen LogP contribution in [0.1, 0.15) is 11.1 Å². The van der Waals surface area contributed by atoms with Crippen molar-refractivity contribution in [3.05, 3.63) is 86.9 Å². The Balaban J connectivity index is 1.87. The maximum absolute atomic E-state index is 12.4. The molecule has 1 heterocycles. The van der Waals surface area contributed by atoms with E-state index >= 15 is 0 Å². The first-order valence-electron chi connectivity index (χ1n) is 11.7. The number of nitrogens with one attached hydrogen (secondary N) is 1. The number of aliphatic imine (C=N–C) groups is 1. The maximum Gasteiger partial charge on any atom is 0.292 e. The third kappa shape index (κ3) is 6.14. The second-order valence-electron chi connectivity index (χ2n) is 9.18. The summed E-state index contributed by atoms with van der Waals surface area (Å²) in [6.45, 7) is 0.789. The quantitative estimate of drug-likeness (QED) is 0.115. The summed E-state index contributed by atoms with van der Waals surface area (Å²) in [6.07, 6.45) is 1.15. The Kier molecular flexibility index (Phi) is 7.82. The molecule has 0 radical (unpaired) electrons. The summed E-state index contributed by atoms with van der Waals surface area (Å²) in [5, 5.41) is 23.5. The van der Waals surface area contributed by atoms with E-state index in [-0.39, 0.29) is 29.5 Å². The van der Waals surface area contributed by atoms with E-state index in [1.165, 1.54) is 16.4 Å². The third-order valence-electron chi connectivity index (χ3n) is 6.01. The van der Waals surface area contributed by atoms with E-state index in [4.69, 9.17) is 22.3 Å². The predicted octanol–water partition coefficient (Wildman–Crippen LogP) is 4.51. The van der Waals surface area contributed by atoms with Gasteiger partial charge in [0, 0.05) is 35.1 Å². The highest BCUT2D eigenvalue weighted by Crippen LogP contribution is 2.34. The zero-order valence-corrected chi connectivity index (χ0v) is 23.0. The highest BCUT2D eigenvalue weighted by molar-refractivity contribution is 7.92. The maximum atomic E-state index is 12.4. The number of fused-ring (bicyclic) bond motifs is 1. The summed E-state index contributed by atoms with van der Waals surface area (Å²) in [5.41, 5.74) is 7.84. The molecule has 204 valence electrons. The molecule has 0 aliphatic carbocycles. The Labute approximate surface area is 230 Å². The molecule has 4 N–H and O–H groups in total. The summed E-state index contributed by atoms with van der Waals surface area (Å²) in [7, 11) is 0.182. The Morgan fingerprint density at radius 3 is 2.41 bits per heavy atom. The zero-order valence-electron chi connectivity index (χ0n) is 21.4. The lowest BCUT2D eigenvalue weighted by Crippen LogP contribution is -2.35. The van der Waals surface area contributed by atoms with Crippen LogP contribution in [0, 0.1) is 10.1 Å². The number of likely N-dealkylation sites (N-methyl/N-ethyl adjacent to an activating group) is 1. The molecule has 13 heteroatoms. The number of nitro benzene ring substituents is 1. The number of hydrogen-bond donors (Lipinski definition) is 3. The summed E-state index contributed by atoms with van der Waals surface area (Å²) in [4.78, 5) is 20.5. The molecule has 0 amide bonds. The molecule has 0 unspecified atom stereocenters. The molecule has 4 rings (SSSR count). The molecule has 0 fully saturated rings. The van der Waals surface area contributed by atoms with Crippen molar-refractivity contribution in [3.63, 3.8) is 0 Å². The van der Waals surface area contributed by atoms with E-state index in [1.54, 1.807) is 48.5 Å². The summed E-state index contributed by atoms with van der Waals surface area (Å²) in [5.74, 6) is -0.200. The van der Waals surface area contributed by atoms with Gasteiger partial charge in [0.05, 0.1) is 39.3 Å². The highest BCUT2D eigenvalue weighted by atomic mass is 35.5. The molecular weight excluding hydrogens is 544 g/mol. The number of nitrogen functional groups attached to an aromatic ring is 1. The van der Waals surface area contributed by atoms with Crippen molar-refractivity contribution in [1.82, 2.24) is 9.88 Å². The van der Waals surface area contributed by atoms with Gasteiger partial charge in [-0.2, -0.15) is 0 Å². The topological polar surface area (TPSA) is 158 Å². The fourth-order valence-electron chi connectivity index (χ4n) is 4.11. The van der Waals surface area contributed by atoms with Crippen LogP contribution < -0.4 is 10.0 Å². The molecule has 0 aliphatic heterocycles. The van der Waals surface area contributed by atoms with Crippen LogP contribution in [0.25, 0.3) is 10.9 Å². The minimum Gasteiger partial charge on any atom is -0.494 e. The van der Waals surface area contributed by atoms with Crippen LogP contribution in [0.3, 0.4) is 0 Å². The third-order valence-corrected chi connectivity index (χ3v) is 7.44. The Morgan fingerprint density at radius 1 is 1.10 bits per heavy atom. The van der Waals surface area contributed by atoms with Gasteiger partial charge in [0.2, 0.25) is 10.0 Å². The van der Waals surface area contributed by atoms with Gasteiger partial charge in [-0.15, -0.1) is 0 Å². The van der Waals surface area contributed by atoms with Crippen molar-refractivity contribution >= 4 is 61.0 Å². The van der Waals surface area contributed by atoms with Crippen LogP contribution in [0.4, 0.5) is 22.7 Å². The zero-order chi connectivity index (χ0) is 28.5. The summed E-state index contributed by atoms with van der Waals surface area (Å²) >= 11 is 6.12. The van der Waals surface area contributed by atoms with Crippen molar-refractivity contribution in [3.8, 4) is 5.88 Å². The minimum atomic E-state index is -3.53. The van der Waals surface area contributed by atoms with Crippen LogP contribution >= 0.6 is 11.6 Å². The van der Waals surface area contributed by atoms with E-state index in [9.17, 15) is 23.6 Å². The Morgan fingerprint density at radius 2 is 1.79 bits per heavy atom. The lowest BCUT2D eigenvalue weighted by atomic mass is 9.99. The van der Waals surface area contributed by atoms with E-state index < -0.39 is 14.9 Å². The standard InChI is InChI=1S/C26H27ClN6O5S/c1-31(2)12-13-32(39(3,37)38)19-8-6-18(7-9-19)29-25(16-4-11-21(28)23(14-16)33(35)36)24-20-10-5-17(27)15-22(20)30-26(24)34/h4-11,14-15,30,34H,12-13,28H2,1-3H3. The van der Waals surface area contributed by atoms with Gasteiger partial charge in [-0.3, -0.25) is 14.4 Å². The number of aromatic nitrogens is 1. The monoisotopic (exact) mass is 570 g/mol. The first-order valence-corrected chi connectivity index (χ1v) is 13.9. The molecule has 1 aromatic heterocycles. The average molecular weight is 571 g/mol. The Hall–Kier alpha value is -4.13. The van der Waals surface area contributed by atoms with Crippen LogP contribution in [0.15, 0.2) is 65.7 Å². The van der Waals surface area contributed by atoms with Crippen molar-refractivity contribution in [2.45, 2.75) is 0 Å². The normalized spacial score (nSPS) is 12.3. The van der Waals surface area contributed by atoms with Gasteiger partial charge in [0.1, 0.15) is 5.69 Å². The van der Waals surface area contributed by atoms with E-state index in [0.717, 1.165) is 6.26 Å². The summed E-state index contributed by atoms with van der Waals surface area (Å²) in [6, 6.07) is 15.8. The first kappa shape index (κ1) is 27.9. The van der Waals surface area contributed by atoms with Crippen LogP contribution in [0.5, 0.6) is 5.88 Å². The number of aromatic amines is 1. The molecule has 0 bridgehead atoms. The van der Waals surface area contributed by atoms with E-state index in [1.807, 2.05) is 19.0 Å². The largest absolute Gasteiger partial charge is 0.494 e. The number of halogens is 1. The summed E-state index contributed by atoms with van der Waals surface area (Å²) < 4.78 is 26.1. The van der Waals surface area contributed by atoms with Crippen molar-refractivity contribution < 1.29 is 18.4 Å². The number of rotatable bonds is 9. The van der Waals surface area contributed by atoms with Crippen molar-refractivity contribution in [2.75, 3.05) is 43.5 Å². The van der Waals surface area contributed by atoms with Gasteiger partial charge in [0.15, 0.2) is 5.88 Å². The molecule has 0 saturated heterocycles. The molecule has 39 heavy (non-hydrogen) atoms. The van der Waals surface area contributed by atoms with Gasteiger partial charge < -0.3 is 20.7 Å². The van der Waals surface area contributed by atoms with Crippen LogP contribution in [0.2, 0.25) is 5.02 Å². The number of nitrogens with two attached hydrogens (primary N) is 1. The molecular formula is C26H27ClN6O5S. The lowest BCUT2D eigenvalue weighted by molar-refractivity contribution is -0.383. The fourth-order valence-corrected chi connectivity index (χ4v) is 5.20. The lowest BCUT2D eigenvalue weighted by Gasteiger charge is -2.24. The predicted molar refractivity (Wildman–Crippen MR) is 155 cm³/mol. The van der Waals surface area contributed by atoms with Crippen molar-refractivity contribution in [2.24, 2.45) is 4.99 Å². The van der Waals surface area contributed by atoms with Crippen LogP contribution in [-0.2, 0) is 10.0 Å². The number of H-pyrrole nitrogens is 1. The van der Waals surface area contributed by atoms with Crippen LogP contribution in [-0.4, -0.2) is 67.5 Å². The molecule has 3 aromatic carbocycles. The number of hydrogen-bond acceptors (Lipinski definition) is 8. The van der Waals surface area contributed by atoms with Crippen molar-refractivity contribution in [1.29, 1.82) is 0 Å². The average Bonchev–Trinajstić information content (AvgIpc) is 3.17. The first-order chi connectivity index (χ1) is 18.3. The van der Waals surface area contributed by atoms with Gasteiger partial charge in [0.25, 0.3) is 5.69 Å². The molecule has 11 nitrogen and oxygen atoms in total.